The quantitative estimate of drug-likeness (QED) is 0.798. The number of carbonyl (C=O) groups excluding carboxylic acids is 2. The van der Waals surface area contributed by atoms with E-state index in [2.05, 4.69) is 17.3 Å². The second-order valence-corrected chi connectivity index (χ2v) is 7.27. The van der Waals surface area contributed by atoms with Gasteiger partial charge in [-0.2, -0.15) is 0 Å². The highest BCUT2D eigenvalue weighted by atomic mass is 16.5. The van der Waals surface area contributed by atoms with Crippen LogP contribution in [0.25, 0.3) is 0 Å². The average molecular weight is 322 g/mol. The number of carbonyl (C=O) groups is 2. The Bertz CT molecular complexity index is 828. The molecule has 2 aromatic rings. The van der Waals surface area contributed by atoms with Crippen LogP contribution >= 0.6 is 0 Å². The molecule has 2 aliphatic carbocycles. The lowest BCUT2D eigenvalue weighted by Gasteiger charge is -2.28. The highest BCUT2D eigenvalue weighted by molar-refractivity contribution is 6.22. The van der Waals surface area contributed by atoms with E-state index in [0.717, 1.165) is 12.8 Å². The normalized spacial score (nSPS) is 34.2. The summed E-state index contributed by atoms with van der Waals surface area (Å²) in [5, 5.41) is 3.88. The van der Waals surface area contributed by atoms with Crippen molar-refractivity contribution in [2.75, 3.05) is 4.90 Å². The predicted octanol–water partition coefficient (Wildman–Crippen LogP) is 2.91. The monoisotopic (exact) mass is 322 g/mol. The first-order chi connectivity index (χ1) is 11.6. The van der Waals surface area contributed by atoms with Crippen LogP contribution in [0.2, 0.25) is 0 Å². The Labute approximate surface area is 139 Å². The van der Waals surface area contributed by atoms with E-state index in [1.807, 2.05) is 18.2 Å². The lowest BCUT2D eigenvalue weighted by Crippen LogP contribution is -2.33. The zero-order valence-corrected chi connectivity index (χ0v) is 13.4. The Hall–Kier alpha value is -2.43. The van der Waals surface area contributed by atoms with E-state index >= 15 is 0 Å². The molecule has 2 amide bonds. The molecule has 5 nitrogen and oxygen atoms in total. The molecule has 5 rings (SSSR count). The molecule has 2 heterocycles. The molecule has 0 N–H and O–H groups in total. The number of amides is 2. The molecule has 1 aromatic carbocycles. The van der Waals surface area contributed by atoms with E-state index in [1.165, 1.54) is 10.5 Å². The van der Waals surface area contributed by atoms with Crippen molar-refractivity contribution in [3.05, 3.63) is 47.7 Å². The number of rotatable bonds is 2. The minimum atomic E-state index is -0.196. The Balaban J connectivity index is 1.50. The number of nitrogens with zero attached hydrogens (tertiary/aromatic N) is 2. The second-order valence-electron chi connectivity index (χ2n) is 7.27. The molecule has 1 saturated heterocycles. The number of aromatic nitrogens is 1. The van der Waals surface area contributed by atoms with Crippen LogP contribution in [0.4, 0.5) is 5.82 Å². The third-order valence-corrected chi connectivity index (χ3v) is 6.09. The number of fused-ring (bicyclic) bond motifs is 5. The zero-order chi connectivity index (χ0) is 16.4. The summed E-state index contributed by atoms with van der Waals surface area (Å²) in [4.78, 5) is 27.1. The number of hydrogen-bond donors (Lipinski definition) is 0. The van der Waals surface area contributed by atoms with Crippen LogP contribution in [0.15, 0.2) is 40.9 Å². The number of hydrogen-bond acceptors (Lipinski definition) is 4. The minimum Gasteiger partial charge on any atom is -0.360 e. The number of aryl methyl sites for hydroxylation is 1. The van der Waals surface area contributed by atoms with Gasteiger partial charge in [-0.3, -0.25) is 9.59 Å². The van der Waals surface area contributed by atoms with Crippen molar-refractivity contribution in [2.45, 2.75) is 25.7 Å². The highest BCUT2D eigenvalue weighted by Gasteiger charge is 2.64. The van der Waals surface area contributed by atoms with E-state index in [-0.39, 0.29) is 29.6 Å². The van der Waals surface area contributed by atoms with Crippen molar-refractivity contribution in [3.8, 4) is 0 Å². The van der Waals surface area contributed by atoms with Crippen LogP contribution in [0.3, 0.4) is 0 Å². The van der Waals surface area contributed by atoms with Gasteiger partial charge in [0.25, 0.3) is 0 Å². The van der Waals surface area contributed by atoms with Crippen molar-refractivity contribution in [3.63, 3.8) is 0 Å². The standard InChI is InChI=1S/C19H18N2O3/c1-10-7-15(20-24-10)21-18(22)16-12-8-13(11-5-3-2-4-6-11)14(9-12)17(16)19(21)23/h2-7,12-14,16-17H,8-9H2,1H3/t12-,13-,14+,16+,17+/m1/s1. The molecule has 2 saturated carbocycles. The van der Waals surface area contributed by atoms with Crippen molar-refractivity contribution in [1.82, 2.24) is 5.16 Å². The van der Waals surface area contributed by atoms with Crippen LogP contribution in [0.1, 0.15) is 30.1 Å². The lowest BCUT2D eigenvalue weighted by atomic mass is 9.73. The summed E-state index contributed by atoms with van der Waals surface area (Å²) in [5.74, 6) is 1.35. The van der Waals surface area contributed by atoms with Gasteiger partial charge in [0.05, 0.1) is 11.8 Å². The van der Waals surface area contributed by atoms with Gasteiger partial charge in [-0.1, -0.05) is 35.5 Å². The van der Waals surface area contributed by atoms with Crippen LogP contribution < -0.4 is 4.90 Å². The molecule has 3 aliphatic rings. The molecule has 2 bridgehead atoms. The fourth-order valence-electron chi connectivity index (χ4n) is 5.23. The van der Waals surface area contributed by atoms with E-state index in [4.69, 9.17) is 4.52 Å². The Kier molecular flexibility index (Phi) is 2.78. The largest absolute Gasteiger partial charge is 0.360 e. The Morgan fingerprint density at radius 1 is 1.08 bits per heavy atom. The summed E-state index contributed by atoms with van der Waals surface area (Å²) < 4.78 is 5.06. The van der Waals surface area contributed by atoms with Crippen LogP contribution in [0, 0.1) is 30.6 Å². The highest BCUT2D eigenvalue weighted by Crippen LogP contribution is 2.61. The minimum absolute atomic E-state index is 0.0858. The average Bonchev–Trinajstić information content (AvgIpc) is 3.32. The molecule has 122 valence electrons. The van der Waals surface area contributed by atoms with Gasteiger partial charge in [0.15, 0.2) is 5.82 Å². The van der Waals surface area contributed by atoms with Gasteiger partial charge in [-0.15, -0.1) is 0 Å². The first-order valence-electron chi connectivity index (χ1n) is 8.51. The summed E-state index contributed by atoms with van der Waals surface area (Å²) in [6.07, 6.45) is 1.98. The van der Waals surface area contributed by atoms with Crippen LogP contribution in [-0.2, 0) is 9.59 Å². The molecule has 0 spiro atoms. The molecule has 3 fully saturated rings. The zero-order valence-electron chi connectivity index (χ0n) is 13.4. The smallest absolute Gasteiger partial charge is 0.239 e. The number of anilines is 1. The molecular weight excluding hydrogens is 304 g/mol. The van der Waals surface area contributed by atoms with Crippen molar-refractivity contribution in [2.24, 2.45) is 23.7 Å². The first-order valence-corrected chi connectivity index (χ1v) is 8.51. The van der Waals surface area contributed by atoms with Gasteiger partial charge in [0.1, 0.15) is 5.76 Å². The topological polar surface area (TPSA) is 63.4 Å². The molecule has 5 atom stereocenters. The number of imide groups is 1. The van der Waals surface area contributed by atoms with Crippen LogP contribution in [0.5, 0.6) is 0 Å². The summed E-state index contributed by atoms with van der Waals surface area (Å²) in [5.41, 5.74) is 1.29. The molecule has 0 unspecified atom stereocenters. The Morgan fingerprint density at radius 3 is 2.54 bits per heavy atom. The fraction of sp³-hybridized carbons (Fsp3) is 0.421. The van der Waals surface area contributed by atoms with Gasteiger partial charge in [-0.05, 0) is 43.1 Å². The maximum atomic E-state index is 13.0. The predicted molar refractivity (Wildman–Crippen MR) is 86.1 cm³/mol. The summed E-state index contributed by atoms with van der Waals surface area (Å²) >= 11 is 0. The van der Waals surface area contributed by atoms with E-state index in [0.29, 0.717) is 23.4 Å². The molecule has 0 radical (unpaired) electrons. The third kappa shape index (κ3) is 1.72. The van der Waals surface area contributed by atoms with Gasteiger partial charge < -0.3 is 4.52 Å². The van der Waals surface area contributed by atoms with Gasteiger partial charge >= 0.3 is 0 Å². The summed E-state index contributed by atoms with van der Waals surface area (Å²) in [6, 6.07) is 12.0. The molecule has 24 heavy (non-hydrogen) atoms. The second kappa shape index (κ2) is 4.79. The SMILES string of the molecule is Cc1cc(N2C(=O)[C@H]3[C@H]4C[C@H]([C@@H]3C2=O)[C@@H](c2ccccc2)C4)no1. The molecule has 1 aromatic heterocycles. The van der Waals surface area contributed by atoms with E-state index in [9.17, 15) is 9.59 Å². The summed E-state index contributed by atoms with van der Waals surface area (Å²) in [7, 11) is 0. The van der Waals surface area contributed by atoms with Gasteiger partial charge in [0.2, 0.25) is 11.8 Å². The third-order valence-electron chi connectivity index (χ3n) is 6.09. The van der Waals surface area contributed by atoms with Gasteiger partial charge in [0, 0.05) is 6.07 Å². The maximum absolute atomic E-state index is 13.0. The number of benzene rings is 1. The molecule has 5 heteroatoms. The first kappa shape index (κ1) is 14.0. The summed E-state index contributed by atoms with van der Waals surface area (Å²) in [6.45, 7) is 1.76. The molecule has 1 aliphatic heterocycles. The van der Waals surface area contributed by atoms with E-state index < -0.39 is 0 Å². The maximum Gasteiger partial charge on any atom is 0.239 e. The Morgan fingerprint density at radius 2 is 1.83 bits per heavy atom. The fourth-order valence-corrected chi connectivity index (χ4v) is 5.23. The van der Waals surface area contributed by atoms with E-state index in [1.54, 1.807) is 13.0 Å². The van der Waals surface area contributed by atoms with Crippen molar-refractivity contribution >= 4 is 17.6 Å². The van der Waals surface area contributed by atoms with Gasteiger partial charge in [-0.25, -0.2) is 4.90 Å². The van der Waals surface area contributed by atoms with Crippen molar-refractivity contribution in [1.29, 1.82) is 0 Å². The van der Waals surface area contributed by atoms with Crippen molar-refractivity contribution < 1.29 is 14.1 Å². The van der Waals surface area contributed by atoms with Crippen LogP contribution in [-0.4, -0.2) is 17.0 Å². The molecular formula is C19H18N2O3. The lowest BCUT2D eigenvalue weighted by molar-refractivity contribution is -0.123.